The van der Waals surface area contributed by atoms with Gasteiger partial charge in [0.25, 0.3) is 5.91 Å². The minimum Gasteiger partial charge on any atom is -0.349 e. The molecule has 0 unspecified atom stereocenters. The SMILES string of the molecule is Cc1cccc2sc(C(=O)NC[C@@H](c3ccccc3)N(C)C)c(Cl)c12. The van der Waals surface area contributed by atoms with E-state index in [1.807, 2.05) is 57.4 Å². The van der Waals surface area contributed by atoms with Crippen LogP contribution in [0.2, 0.25) is 5.02 Å². The quantitative estimate of drug-likeness (QED) is 0.691. The van der Waals surface area contributed by atoms with Gasteiger partial charge in [-0.2, -0.15) is 0 Å². The molecule has 1 amide bonds. The Morgan fingerprint density at radius 1 is 1.16 bits per heavy atom. The first-order valence-electron chi connectivity index (χ1n) is 8.16. The smallest absolute Gasteiger partial charge is 0.262 e. The van der Waals surface area contributed by atoms with Crippen LogP contribution in [-0.2, 0) is 0 Å². The topological polar surface area (TPSA) is 32.3 Å². The van der Waals surface area contributed by atoms with E-state index in [1.54, 1.807) is 0 Å². The number of carbonyl (C=O) groups is 1. The minimum absolute atomic E-state index is 0.111. The average Bonchev–Trinajstić information content (AvgIpc) is 2.94. The van der Waals surface area contributed by atoms with E-state index < -0.39 is 0 Å². The van der Waals surface area contributed by atoms with Crippen molar-refractivity contribution in [1.82, 2.24) is 10.2 Å². The Balaban J connectivity index is 1.80. The number of halogens is 1. The second kappa shape index (κ2) is 7.56. The minimum atomic E-state index is -0.117. The van der Waals surface area contributed by atoms with Crippen molar-refractivity contribution >= 4 is 38.9 Å². The molecule has 0 spiro atoms. The monoisotopic (exact) mass is 372 g/mol. The molecular weight excluding hydrogens is 352 g/mol. The van der Waals surface area contributed by atoms with E-state index in [4.69, 9.17) is 11.6 Å². The number of nitrogens with one attached hydrogen (secondary N) is 1. The molecule has 3 nitrogen and oxygen atoms in total. The van der Waals surface area contributed by atoms with Gasteiger partial charge in [-0.1, -0.05) is 54.1 Å². The largest absolute Gasteiger partial charge is 0.349 e. The summed E-state index contributed by atoms with van der Waals surface area (Å²) in [4.78, 5) is 15.4. The lowest BCUT2D eigenvalue weighted by molar-refractivity contribution is 0.0946. The van der Waals surface area contributed by atoms with E-state index in [9.17, 15) is 4.79 Å². The first kappa shape index (κ1) is 17.9. The second-order valence-electron chi connectivity index (χ2n) is 6.29. The maximum Gasteiger partial charge on any atom is 0.262 e. The van der Waals surface area contributed by atoms with E-state index in [0.29, 0.717) is 16.4 Å². The number of fused-ring (bicyclic) bond motifs is 1. The number of carbonyl (C=O) groups excluding carboxylic acids is 1. The molecule has 1 heterocycles. The van der Waals surface area contributed by atoms with Gasteiger partial charge >= 0.3 is 0 Å². The predicted octanol–water partition coefficient (Wildman–Crippen LogP) is 4.90. The molecule has 130 valence electrons. The van der Waals surface area contributed by atoms with Crippen molar-refractivity contribution in [1.29, 1.82) is 0 Å². The standard InChI is InChI=1S/C20H21ClN2OS/c1-13-8-7-11-16-17(13)18(21)19(25-16)20(24)22-12-15(23(2)3)14-9-5-4-6-10-14/h4-11,15H,12H2,1-3H3,(H,22,24)/t15-/m0/s1. The van der Waals surface area contributed by atoms with Crippen LogP contribution in [0.5, 0.6) is 0 Å². The van der Waals surface area contributed by atoms with Crippen LogP contribution in [0.25, 0.3) is 10.1 Å². The molecule has 0 saturated heterocycles. The number of likely N-dealkylation sites (N-methyl/N-ethyl adjacent to an activating group) is 1. The fourth-order valence-corrected chi connectivity index (χ4v) is 4.56. The number of hydrogen-bond donors (Lipinski definition) is 1. The molecule has 0 fully saturated rings. The van der Waals surface area contributed by atoms with Gasteiger partial charge < -0.3 is 10.2 Å². The summed E-state index contributed by atoms with van der Waals surface area (Å²) in [5, 5.41) is 4.58. The van der Waals surface area contributed by atoms with Crippen molar-refractivity contribution in [2.24, 2.45) is 0 Å². The van der Waals surface area contributed by atoms with Gasteiger partial charge in [-0.05, 0) is 38.2 Å². The number of hydrogen-bond acceptors (Lipinski definition) is 3. The number of amides is 1. The molecule has 0 saturated carbocycles. The molecule has 3 aromatic rings. The Morgan fingerprint density at radius 2 is 1.88 bits per heavy atom. The van der Waals surface area contributed by atoms with Crippen LogP contribution in [0.3, 0.4) is 0 Å². The van der Waals surface area contributed by atoms with Crippen LogP contribution in [0.1, 0.15) is 26.8 Å². The van der Waals surface area contributed by atoms with Gasteiger partial charge in [-0.3, -0.25) is 4.79 Å². The maximum atomic E-state index is 12.7. The third-order valence-corrected chi connectivity index (χ3v) is 5.98. The first-order valence-corrected chi connectivity index (χ1v) is 9.35. The lowest BCUT2D eigenvalue weighted by Crippen LogP contribution is -2.34. The number of nitrogens with zero attached hydrogens (tertiary/aromatic N) is 1. The zero-order valence-corrected chi connectivity index (χ0v) is 16.1. The molecule has 0 aliphatic carbocycles. The third-order valence-electron chi connectivity index (χ3n) is 4.34. The highest BCUT2D eigenvalue weighted by atomic mass is 35.5. The Kier molecular flexibility index (Phi) is 5.42. The van der Waals surface area contributed by atoms with E-state index >= 15 is 0 Å². The maximum absolute atomic E-state index is 12.7. The molecule has 3 rings (SSSR count). The molecule has 1 atom stereocenters. The van der Waals surface area contributed by atoms with Gasteiger partial charge in [-0.15, -0.1) is 11.3 Å². The highest BCUT2D eigenvalue weighted by molar-refractivity contribution is 7.21. The van der Waals surface area contributed by atoms with Crippen LogP contribution in [0.4, 0.5) is 0 Å². The normalized spacial score (nSPS) is 12.5. The van der Waals surface area contributed by atoms with Crippen LogP contribution in [0.15, 0.2) is 48.5 Å². The van der Waals surface area contributed by atoms with Gasteiger partial charge in [0, 0.05) is 16.6 Å². The number of rotatable bonds is 5. The zero-order valence-electron chi connectivity index (χ0n) is 14.5. The van der Waals surface area contributed by atoms with Crippen LogP contribution >= 0.6 is 22.9 Å². The lowest BCUT2D eigenvalue weighted by atomic mass is 10.1. The van der Waals surface area contributed by atoms with Crippen molar-refractivity contribution in [3.63, 3.8) is 0 Å². The van der Waals surface area contributed by atoms with Crippen molar-refractivity contribution in [3.8, 4) is 0 Å². The predicted molar refractivity (Wildman–Crippen MR) is 107 cm³/mol. The van der Waals surface area contributed by atoms with Gasteiger partial charge in [0.2, 0.25) is 0 Å². The van der Waals surface area contributed by atoms with Crippen LogP contribution in [-0.4, -0.2) is 31.4 Å². The zero-order chi connectivity index (χ0) is 18.0. The molecule has 25 heavy (non-hydrogen) atoms. The highest BCUT2D eigenvalue weighted by Crippen LogP contribution is 2.37. The van der Waals surface area contributed by atoms with Gasteiger partial charge in [0.1, 0.15) is 4.88 Å². The summed E-state index contributed by atoms with van der Waals surface area (Å²) < 4.78 is 1.04. The molecule has 5 heteroatoms. The molecule has 2 aromatic carbocycles. The first-order chi connectivity index (χ1) is 12.0. The summed E-state index contributed by atoms with van der Waals surface area (Å²) in [6, 6.07) is 16.3. The van der Waals surface area contributed by atoms with E-state index in [0.717, 1.165) is 15.6 Å². The van der Waals surface area contributed by atoms with Gasteiger partial charge in [-0.25, -0.2) is 0 Å². The van der Waals surface area contributed by atoms with E-state index in [-0.39, 0.29) is 11.9 Å². The molecular formula is C20H21ClN2OS. The Bertz CT molecular complexity index is 889. The lowest BCUT2D eigenvalue weighted by Gasteiger charge is -2.25. The molecule has 0 radical (unpaired) electrons. The molecule has 0 aliphatic rings. The molecule has 1 aromatic heterocycles. The second-order valence-corrected chi connectivity index (χ2v) is 7.72. The fourth-order valence-electron chi connectivity index (χ4n) is 2.96. The molecule has 0 aliphatic heterocycles. The fraction of sp³-hybridized carbons (Fsp3) is 0.250. The number of benzene rings is 2. The number of thiophene rings is 1. The summed E-state index contributed by atoms with van der Waals surface area (Å²) in [6.07, 6.45) is 0. The summed E-state index contributed by atoms with van der Waals surface area (Å²) in [7, 11) is 4.03. The summed E-state index contributed by atoms with van der Waals surface area (Å²) in [6.45, 7) is 2.54. The van der Waals surface area contributed by atoms with Gasteiger partial charge in [0.05, 0.1) is 11.1 Å². The average molecular weight is 373 g/mol. The molecule has 0 bridgehead atoms. The van der Waals surface area contributed by atoms with Crippen molar-refractivity contribution in [2.75, 3.05) is 20.6 Å². The summed E-state index contributed by atoms with van der Waals surface area (Å²) in [5.74, 6) is -0.117. The summed E-state index contributed by atoms with van der Waals surface area (Å²) >= 11 is 7.94. The van der Waals surface area contributed by atoms with Crippen molar-refractivity contribution < 1.29 is 4.79 Å². The van der Waals surface area contributed by atoms with Crippen LogP contribution < -0.4 is 5.32 Å². The number of aryl methyl sites for hydroxylation is 1. The van der Waals surface area contributed by atoms with E-state index in [2.05, 4.69) is 22.3 Å². The highest BCUT2D eigenvalue weighted by Gasteiger charge is 2.20. The van der Waals surface area contributed by atoms with Crippen molar-refractivity contribution in [2.45, 2.75) is 13.0 Å². The molecule has 1 N–H and O–H groups in total. The third kappa shape index (κ3) is 3.71. The van der Waals surface area contributed by atoms with E-state index in [1.165, 1.54) is 16.9 Å². The Morgan fingerprint density at radius 3 is 2.52 bits per heavy atom. The Labute approximate surface area is 157 Å². The van der Waals surface area contributed by atoms with Gasteiger partial charge in [0.15, 0.2) is 0 Å². The van der Waals surface area contributed by atoms with Crippen molar-refractivity contribution in [3.05, 3.63) is 69.6 Å². The van der Waals surface area contributed by atoms with Crippen LogP contribution in [0, 0.1) is 6.92 Å². The Hall–Kier alpha value is -1.88. The summed E-state index contributed by atoms with van der Waals surface area (Å²) in [5.41, 5.74) is 2.26.